The monoisotopic (exact) mass is 327 g/mol. The van der Waals surface area contributed by atoms with Gasteiger partial charge in [0.1, 0.15) is 23.3 Å². The van der Waals surface area contributed by atoms with Crippen LogP contribution < -0.4 is 10.6 Å². The minimum absolute atomic E-state index is 0.0394. The van der Waals surface area contributed by atoms with Crippen molar-refractivity contribution in [1.82, 2.24) is 9.97 Å². The predicted molar refractivity (Wildman–Crippen MR) is 88.6 cm³/mol. The molecule has 24 heavy (non-hydrogen) atoms. The summed E-state index contributed by atoms with van der Waals surface area (Å²) >= 11 is 0. The largest absolute Gasteiger partial charge is 0.394 e. The third kappa shape index (κ3) is 3.60. The van der Waals surface area contributed by atoms with Crippen LogP contribution in [0.15, 0.2) is 24.3 Å². The topological polar surface area (TPSA) is 93.9 Å². The first-order chi connectivity index (χ1) is 11.6. The Morgan fingerprint density at radius 3 is 2.88 bits per heavy atom. The number of halogens is 1. The van der Waals surface area contributed by atoms with E-state index in [1.54, 1.807) is 6.07 Å². The number of aliphatic hydroxyl groups is 1. The summed E-state index contributed by atoms with van der Waals surface area (Å²) in [5.74, 6) is 0.715. The zero-order chi connectivity index (χ0) is 17.1. The molecule has 0 bridgehead atoms. The second-order valence-corrected chi connectivity index (χ2v) is 5.90. The van der Waals surface area contributed by atoms with E-state index >= 15 is 0 Å². The number of aliphatic hydroxyl groups excluding tert-OH is 1. The Hall–Kier alpha value is -2.72. The van der Waals surface area contributed by atoms with E-state index in [2.05, 4.69) is 20.6 Å². The Morgan fingerprint density at radius 2 is 2.21 bits per heavy atom. The van der Waals surface area contributed by atoms with Crippen LogP contribution >= 0.6 is 0 Å². The van der Waals surface area contributed by atoms with E-state index in [9.17, 15) is 9.50 Å². The first-order valence-electron chi connectivity index (χ1n) is 7.82. The second kappa shape index (κ2) is 6.81. The van der Waals surface area contributed by atoms with Crippen molar-refractivity contribution in [2.24, 2.45) is 0 Å². The van der Waals surface area contributed by atoms with Gasteiger partial charge in [0.25, 0.3) is 0 Å². The summed E-state index contributed by atoms with van der Waals surface area (Å²) in [5, 5.41) is 24.3. The Morgan fingerprint density at radius 1 is 1.42 bits per heavy atom. The van der Waals surface area contributed by atoms with Crippen LogP contribution in [0.1, 0.15) is 36.9 Å². The molecule has 124 valence electrons. The molecule has 1 atom stereocenters. The number of hydrogen-bond acceptors (Lipinski definition) is 6. The van der Waals surface area contributed by atoms with Crippen LogP contribution in [0.5, 0.6) is 0 Å². The molecular formula is C17H18FN5O. The van der Waals surface area contributed by atoms with Crippen LogP contribution in [0.3, 0.4) is 0 Å². The highest BCUT2D eigenvalue weighted by atomic mass is 19.1. The standard InChI is InChI=1S/C17H18FN5O/c1-10(9-24)20-17-22-15(11-5-6-11)7-16(23-17)21-14-4-2-3-13(18)12(14)8-19/h2-4,7,10-11,24H,5-6,9H2,1H3,(H2,20,21,22,23)/t10-/m0/s1. The van der Waals surface area contributed by atoms with Gasteiger partial charge >= 0.3 is 0 Å². The lowest BCUT2D eigenvalue weighted by molar-refractivity contribution is 0.281. The fourth-order valence-corrected chi connectivity index (χ4v) is 2.33. The fraction of sp³-hybridized carbons (Fsp3) is 0.353. The molecule has 1 aromatic carbocycles. The average Bonchev–Trinajstić information content (AvgIpc) is 3.39. The maximum atomic E-state index is 13.7. The summed E-state index contributed by atoms with van der Waals surface area (Å²) in [4.78, 5) is 8.83. The summed E-state index contributed by atoms with van der Waals surface area (Å²) < 4.78 is 13.7. The van der Waals surface area contributed by atoms with Gasteiger partial charge < -0.3 is 15.7 Å². The zero-order valence-corrected chi connectivity index (χ0v) is 13.3. The molecule has 1 saturated carbocycles. The van der Waals surface area contributed by atoms with Crippen molar-refractivity contribution < 1.29 is 9.50 Å². The zero-order valence-electron chi connectivity index (χ0n) is 13.3. The molecule has 0 amide bonds. The molecule has 3 N–H and O–H groups in total. The maximum absolute atomic E-state index is 13.7. The highest BCUT2D eigenvalue weighted by Gasteiger charge is 2.26. The summed E-state index contributed by atoms with van der Waals surface area (Å²) in [6, 6.07) is 7.90. The summed E-state index contributed by atoms with van der Waals surface area (Å²) in [6.07, 6.45) is 2.16. The number of aromatic nitrogens is 2. The van der Waals surface area contributed by atoms with E-state index < -0.39 is 5.82 Å². The van der Waals surface area contributed by atoms with E-state index in [4.69, 9.17) is 5.26 Å². The molecule has 3 rings (SSSR count). The number of benzene rings is 1. The number of anilines is 3. The molecule has 0 unspecified atom stereocenters. The van der Waals surface area contributed by atoms with Gasteiger partial charge in [-0.2, -0.15) is 10.2 Å². The highest BCUT2D eigenvalue weighted by Crippen LogP contribution is 2.40. The molecule has 0 saturated heterocycles. The molecule has 2 aromatic rings. The van der Waals surface area contributed by atoms with Crippen molar-refractivity contribution >= 4 is 17.5 Å². The Kier molecular flexibility index (Phi) is 4.58. The van der Waals surface area contributed by atoms with Crippen molar-refractivity contribution in [1.29, 1.82) is 5.26 Å². The average molecular weight is 327 g/mol. The Bertz CT molecular complexity index is 785. The first-order valence-corrected chi connectivity index (χ1v) is 7.82. The number of nitrogens with one attached hydrogen (secondary N) is 2. The molecule has 0 spiro atoms. The van der Waals surface area contributed by atoms with Crippen molar-refractivity contribution in [3.8, 4) is 6.07 Å². The van der Waals surface area contributed by atoms with Gasteiger partial charge in [-0.15, -0.1) is 0 Å². The minimum atomic E-state index is -0.578. The van der Waals surface area contributed by atoms with Crippen molar-refractivity contribution in [3.05, 3.63) is 41.3 Å². The maximum Gasteiger partial charge on any atom is 0.225 e. The fourth-order valence-electron chi connectivity index (χ4n) is 2.33. The quantitative estimate of drug-likeness (QED) is 0.755. The van der Waals surface area contributed by atoms with Crippen LogP contribution in [0.25, 0.3) is 0 Å². The molecule has 1 heterocycles. The van der Waals surface area contributed by atoms with Crippen molar-refractivity contribution in [2.45, 2.75) is 31.7 Å². The second-order valence-electron chi connectivity index (χ2n) is 5.90. The molecule has 1 aliphatic rings. The van der Waals surface area contributed by atoms with Crippen LogP contribution in [0.2, 0.25) is 0 Å². The van der Waals surface area contributed by atoms with E-state index in [0.717, 1.165) is 18.5 Å². The number of nitriles is 1. The van der Waals surface area contributed by atoms with Crippen LogP contribution in [-0.2, 0) is 0 Å². The lowest BCUT2D eigenvalue weighted by Gasteiger charge is -2.14. The predicted octanol–water partition coefficient (Wildman–Crippen LogP) is 2.90. The van der Waals surface area contributed by atoms with Gasteiger partial charge in [-0.05, 0) is 31.9 Å². The van der Waals surface area contributed by atoms with E-state index in [0.29, 0.717) is 23.4 Å². The summed E-state index contributed by atoms with van der Waals surface area (Å²) in [7, 11) is 0. The third-order valence-electron chi connectivity index (χ3n) is 3.78. The highest BCUT2D eigenvalue weighted by molar-refractivity contribution is 5.65. The molecule has 1 fully saturated rings. The van der Waals surface area contributed by atoms with Crippen LogP contribution in [-0.4, -0.2) is 27.7 Å². The summed E-state index contributed by atoms with van der Waals surface area (Å²) in [6.45, 7) is 1.78. The smallest absolute Gasteiger partial charge is 0.225 e. The first kappa shape index (κ1) is 16.1. The van der Waals surface area contributed by atoms with E-state index in [1.807, 2.05) is 19.1 Å². The Balaban J connectivity index is 1.92. The lowest BCUT2D eigenvalue weighted by Crippen LogP contribution is -2.21. The Labute approximate surface area is 139 Å². The molecule has 1 aliphatic carbocycles. The number of rotatable bonds is 6. The minimum Gasteiger partial charge on any atom is -0.394 e. The van der Waals surface area contributed by atoms with Gasteiger partial charge in [-0.1, -0.05) is 6.07 Å². The van der Waals surface area contributed by atoms with Gasteiger partial charge in [0.2, 0.25) is 5.95 Å². The SMILES string of the molecule is C[C@@H](CO)Nc1nc(Nc2cccc(F)c2C#N)cc(C2CC2)n1. The van der Waals surface area contributed by atoms with Crippen LogP contribution in [0.4, 0.5) is 21.8 Å². The van der Waals surface area contributed by atoms with Gasteiger partial charge in [0.15, 0.2) is 0 Å². The summed E-state index contributed by atoms with van der Waals surface area (Å²) in [5.41, 5.74) is 1.21. The van der Waals surface area contributed by atoms with E-state index in [-0.39, 0.29) is 18.2 Å². The van der Waals surface area contributed by atoms with Gasteiger partial charge in [-0.3, -0.25) is 0 Å². The molecule has 7 heteroatoms. The normalized spacial score (nSPS) is 14.8. The number of hydrogen-bond donors (Lipinski definition) is 3. The molecule has 0 aliphatic heterocycles. The van der Waals surface area contributed by atoms with Gasteiger partial charge in [-0.25, -0.2) is 9.37 Å². The molecule has 6 nitrogen and oxygen atoms in total. The van der Waals surface area contributed by atoms with Crippen molar-refractivity contribution in [2.75, 3.05) is 17.2 Å². The van der Waals surface area contributed by atoms with Crippen LogP contribution in [0, 0.1) is 17.1 Å². The number of nitrogens with zero attached hydrogens (tertiary/aromatic N) is 3. The molecular weight excluding hydrogens is 309 g/mol. The van der Waals surface area contributed by atoms with Gasteiger partial charge in [0.05, 0.1) is 18.0 Å². The molecule has 0 radical (unpaired) electrons. The van der Waals surface area contributed by atoms with Gasteiger partial charge in [0, 0.05) is 18.0 Å². The van der Waals surface area contributed by atoms with E-state index in [1.165, 1.54) is 12.1 Å². The lowest BCUT2D eigenvalue weighted by atomic mass is 10.2. The third-order valence-corrected chi connectivity index (χ3v) is 3.78. The van der Waals surface area contributed by atoms with Crippen molar-refractivity contribution in [3.63, 3.8) is 0 Å². The molecule has 1 aromatic heterocycles.